The SMILES string of the molecule is C=C(C)COc1ccc2c(C)c(CCC(=O)N[C@H](C(=O)O)C(C)C)c(=O)oc2c1. The van der Waals surface area contributed by atoms with Crippen LogP contribution in [0.2, 0.25) is 0 Å². The minimum atomic E-state index is -1.08. The molecule has 1 aromatic heterocycles. The Bertz CT molecular complexity index is 989. The molecule has 0 radical (unpaired) electrons. The van der Waals surface area contributed by atoms with Crippen molar-refractivity contribution in [1.82, 2.24) is 5.32 Å². The number of nitrogens with one attached hydrogen (secondary N) is 1. The maximum absolute atomic E-state index is 12.4. The average molecular weight is 401 g/mol. The predicted octanol–water partition coefficient (Wildman–Crippen LogP) is 3.21. The van der Waals surface area contributed by atoms with Crippen molar-refractivity contribution >= 4 is 22.8 Å². The van der Waals surface area contributed by atoms with Crippen LogP contribution in [0.25, 0.3) is 11.0 Å². The van der Waals surface area contributed by atoms with E-state index in [2.05, 4.69) is 11.9 Å². The highest BCUT2D eigenvalue weighted by Gasteiger charge is 2.23. The number of benzene rings is 1. The van der Waals surface area contributed by atoms with Gasteiger partial charge in [0.05, 0.1) is 0 Å². The number of rotatable bonds is 9. The minimum Gasteiger partial charge on any atom is -0.489 e. The summed E-state index contributed by atoms with van der Waals surface area (Å²) in [6, 6.07) is 4.29. The van der Waals surface area contributed by atoms with Crippen molar-refractivity contribution in [1.29, 1.82) is 0 Å². The van der Waals surface area contributed by atoms with E-state index in [-0.39, 0.29) is 18.8 Å². The molecule has 29 heavy (non-hydrogen) atoms. The van der Waals surface area contributed by atoms with E-state index < -0.39 is 23.5 Å². The molecule has 1 atom stereocenters. The maximum Gasteiger partial charge on any atom is 0.339 e. The molecule has 0 aliphatic carbocycles. The van der Waals surface area contributed by atoms with Crippen LogP contribution in [0.1, 0.15) is 38.3 Å². The molecule has 0 aliphatic rings. The number of hydrogen-bond acceptors (Lipinski definition) is 5. The summed E-state index contributed by atoms with van der Waals surface area (Å²) in [6.07, 6.45) is 0.154. The summed E-state index contributed by atoms with van der Waals surface area (Å²) in [5, 5.41) is 12.4. The quantitative estimate of drug-likeness (QED) is 0.494. The number of carboxylic acids is 1. The number of fused-ring (bicyclic) bond motifs is 1. The Labute approximate surface area is 169 Å². The van der Waals surface area contributed by atoms with Gasteiger partial charge in [-0.15, -0.1) is 0 Å². The number of ether oxygens (including phenoxy) is 1. The lowest BCUT2D eigenvalue weighted by Crippen LogP contribution is -2.44. The molecule has 156 valence electrons. The van der Waals surface area contributed by atoms with E-state index >= 15 is 0 Å². The lowest BCUT2D eigenvalue weighted by Gasteiger charge is -2.18. The highest BCUT2D eigenvalue weighted by Crippen LogP contribution is 2.25. The zero-order valence-electron chi connectivity index (χ0n) is 17.2. The lowest BCUT2D eigenvalue weighted by molar-refractivity contribution is -0.143. The van der Waals surface area contributed by atoms with Gasteiger partial charge in [-0.25, -0.2) is 9.59 Å². The standard InChI is InChI=1S/C22H27NO6/c1-12(2)11-28-15-6-7-16-14(5)17(22(27)29-18(16)10-15)8-9-19(24)23-20(13(3)4)21(25)26/h6-7,10,13,20H,1,8-9,11H2,2-5H3,(H,23,24)(H,25,26)/t20-/m0/s1. The molecule has 1 heterocycles. The van der Waals surface area contributed by atoms with Gasteiger partial charge < -0.3 is 19.6 Å². The van der Waals surface area contributed by atoms with Crippen LogP contribution in [0.3, 0.4) is 0 Å². The molecule has 2 N–H and O–H groups in total. The smallest absolute Gasteiger partial charge is 0.339 e. The predicted molar refractivity (Wildman–Crippen MR) is 110 cm³/mol. The summed E-state index contributed by atoms with van der Waals surface area (Å²) >= 11 is 0. The maximum atomic E-state index is 12.4. The van der Waals surface area contributed by atoms with Gasteiger partial charge in [0.25, 0.3) is 0 Å². The molecule has 0 spiro atoms. The normalized spacial score (nSPS) is 12.0. The Kier molecular flexibility index (Phi) is 7.20. The molecule has 1 amide bonds. The lowest BCUT2D eigenvalue weighted by atomic mass is 10.0. The average Bonchev–Trinajstić information content (AvgIpc) is 2.63. The summed E-state index contributed by atoms with van der Waals surface area (Å²) in [5.41, 5.74) is 1.90. The zero-order valence-corrected chi connectivity index (χ0v) is 17.2. The Hall–Kier alpha value is -3.09. The Balaban J connectivity index is 2.18. The Morgan fingerprint density at radius 2 is 2.00 bits per heavy atom. The largest absolute Gasteiger partial charge is 0.489 e. The van der Waals surface area contributed by atoms with Crippen molar-refractivity contribution in [3.63, 3.8) is 0 Å². The van der Waals surface area contributed by atoms with E-state index in [1.807, 2.05) is 13.0 Å². The van der Waals surface area contributed by atoms with Gasteiger partial charge in [0.1, 0.15) is 24.0 Å². The fourth-order valence-corrected chi connectivity index (χ4v) is 2.96. The summed E-state index contributed by atoms with van der Waals surface area (Å²) < 4.78 is 11.0. The molecule has 2 rings (SSSR count). The minimum absolute atomic E-state index is 0.00653. The molecule has 0 aliphatic heterocycles. The summed E-state index contributed by atoms with van der Waals surface area (Å²) in [7, 11) is 0. The van der Waals surface area contributed by atoms with Crippen LogP contribution < -0.4 is 15.7 Å². The zero-order chi connectivity index (χ0) is 21.7. The van der Waals surface area contributed by atoms with Crippen LogP contribution in [0.4, 0.5) is 0 Å². The van der Waals surface area contributed by atoms with Crippen molar-refractivity contribution in [3.05, 3.63) is 51.9 Å². The van der Waals surface area contributed by atoms with Crippen molar-refractivity contribution in [2.24, 2.45) is 5.92 Å². The highest BCUT2D eigenvalue weighted by molar-refractivity contribution is 5.85. The van der Waals surface area contributed by atoms with Gasteiger partial charge in [-0.05, 0) is 49.5 Å². The second-order valence-electron chi connectivity index (χ2n) is 7.52. The second kappa shape index (κ2) is 9.41. The summed E-state index contributed by atoms with van der Waals surface area (Å²) in [6.45, 7) is 11.2. The van der Waals surface area contributed by atoms with Crippen LogP contribution in [0.5, 0.6) is 5.75 Å². The molecule has 0 fully saturated rings. The van der Waals surface area contributed by atoms with Crippen LogP contribution >= 0.6 is 0 Å². The van der Waals surface area contributed by atoms with Crippen molar-refractivity contribution in [2.45, 2.75) is 46.6 Å². The van der Waals surface area contributed by atoms with Gasteiger partial charge in [0.2, 0.25) is 5.91 Å². The molecule has 0 bridgehead atoms. The summed E-state index contributed by atoms with van der Waals surface area (Å²) in [5.74, 6) is -1.18. The fourth-order valence-electron chi connectivity index (χ4n) is 2.96. The monoisotopic (exact) mass is 401 g/mol. The van der Waals surface area contributed by atoms with E-state index in [9.17, 15) is 19.5 Å². The first-order chi connectivity index (χ1) is 13.6. The number of carbonyl (C=O) groups excluding carboxylic acids is 1. The Morgan fingerprint density at radius 1 is 1.31 bits per heavy atom. The molecule has 0 saturated heterocycles. The summed E-state index contributed by atoms with van der Waals surface area (Å²) in [4.78, 5) is 35.8. The molecular weight excluding hydrogens is 374 g/mol. The van der Waals surface area contributed by atoms with Gasteiger partial charge in [-0.3, -0.25) is 4.79 Å². The first-order valence-electron chi connectivity index (χ1n) is 9.45. The van der Waals surface area contributed by atoms with Crippen LogP contribution in [0.15, 0.2) is 39.6 Å². The molecule has 7 nitrogen and oxygen atoms in total. The van der Waals surface area contributed by atoms with E-state index in [0.717, 1.165) is 16.5 Å². The second-order valence-corrected chi connectivity index (χ2v) is 7.52. The van der Waals surface area contributed by atoms with E-state index in [1.54, 1.807) is 32.9 Å². The first-order valence-corrected chi connectivity index (χ1v) is 9.45. The number of aryl methyl sites for hydroxylation is 1. The fraction of sp³-hybridized carbons (Fsp3) is 0.409. The molecular formula is C22H27NO6. The van der Waals surface area contributed by atoms with Crippen LogP contribution in [-0.4, -0.2) is 29.6 Å². The third kappa shape index (κ3) is 5.70. The van der Waals surface area contributed by atoms with Crippen molar-refractivity contribution in [2.75, 3.05) is 6.61 Å². The van der Waals surface area contributed by atoms with Crippen LogP contribution in [0, 0.1) is 12.8 Å². The molecule has 0 saturated carbocycles. The van der Waals surface area contributed by atoms with Gasteiger partial charge >= 0.3 is 11.6 Å². The first kappa shape index (κ1) is 22.2. The third-order valence-corrected chi connectivity index (χ3v) is 4.60. The molecule has 1 aromatic carbocycles. The third-order valence-electron chi connectivity index (χ3n) is 4.60. The van der Waals surface area contributed by atoms with E-state index in [0.29, 0.717) is 23.5 Å². The van der Waals surface area contributed by atoms with Crippen molar-refractivity contribution in [3.8, 4) is 5.75 Å². The number of hydrogen-bond donors (Lipinski definition) is 2. The topological polar surface area (TPSA) is 106 Å². The number of carboxylic acid groups (broad SMARTS) is 1. The van der Waals surface area contributed by atoms with Crippen molar-refractivity contribution < 1.29 is 23.8 Å². The van der Waals surface area contributed by atoms with Crippen LogP contribution in [-0.2, 0) is 16.0 Å². The molecule has 2 aromatic rings. The van der Waals surface area contributed by atoms with E-state index in [4.69, 9.17) is 9.15 Å². The molecule has 0 unspecified atom stereocenters. The van der Waals surface area contributed by atoms with Gasteiger partial charge in [0, 0.05) is 23.4 Å². The Morgan fingerprint density at radius 3 is 2.59 bits per heavy atom. The number of carbonyl (C=O) groups is 2. The number of aliphatic carboxylic acids is 1. The van der Waals surface area contributed by atoms with Gasteiger partial charge in [0.15, 0.2) is 0 Å². The van der Waals surface area contributed by atoms with Gasteiger partial charge in [-0.2, -0.15) is 0 Å². The molecule has 7 heteroatoms. The highest BCUT2D eigenvalue weighted by atomic mass is 16.5. The van der Waals surface area contributed by atoms with E-state index in [1.165, 1.54) is 0 Å². The van der Waals surface area contributed by atoms with Gasteiger partial charge in [-0.1, -0.05) is 20.4 Å². The number of amides is 1.